The molecule has 0 fully saturated rings. The van der Waals surface area contributed by atoms with Crippen LogP contribution in [0, 0.1) is 0 Å². The van der Waals surface area contributed by atoms with Crippen molar-refractivity contribution in [3.8, 4) is 0 Å². The summed E-state index contributed by atoms with van der Waals surface area (Å²) in [5, 5.41) is 0. The predicted octanol–water partition coefficient (Wildman–Crippen LogP) is 2.26. The summed E-state index contributed by atoms with van der Waals surface area (Å²) in [6.45, 7) is 4.05. The molecule has 0 unspecified atom stereocenters. The van der Waals surface area contributed by atoms with E-state index in [0.29, 0.717) is 0 Å². The molecule has 70 valence electrons. The van der Waals surface area contributed by atoms with E-state index in [1.54, 1.807) is 21.3 Å². The molecule has 0 aliphatic rings. The van der Waals surface area contributed by atoms with Gasteiger partial charge < -0.3 is 0 Å². The quantitative estimate of drug-likeness (QED) is 0.610. The van der Waals surface area contributed by atoms with Crippen molar-refractivity contribution in [2.45, 2.75) is 13.8 Å². The molecule has 4 heteroatoms. The molecule has 0 atom stereocenters. The second kappa shape index (κ2) is 3.81. The van der Waals surface area contributed by atoms with Gasteiger partial charge in [-0.2, -0.15) is 0 Å². The fourth-order valence-corrected chi connectivity index (χ4v) is 3.67. The zero-order valence-electron chi connectivity index (χ0n) is 8.09. The van der Waals surface area contributed by atoms with Gasteiger partial charge in [-0.25, -0.2) is 0 Å². The fourth-order valence-electron chi connectivity index (χ4n) is 1.22. The van der Waals surface area contributed by atoms with Crippen molar-refractivity contribution in [3.63, 3.8) is 0 Å². The van der Waals surface area contributed by atoms with Gasteiger partial charge in [0.25, 0.3) is 0 Å². The van der Waals surface area contributed by atoms with Gasteiger partial charge in [0, 0.05) is 0 Å². The molecule has 11 heavy (non-hydrogen) atoms. The van der Waals surface area contributed by atoms with E-state index in [9.17, 15) is 0 Å². The van der Waals surface area contributed by atoms with Crippen molar-refractivity contribution in [1.82, 2.24) is 0 Å². The molecule has 0 radical (unpaired) electrons. The number of rotatable bonds is 5. The first-order valence-electron chi connectivity index (χ1n) is 3.82. The van der Waals surface area contributed by atoms with E-state index in [1.165, 1.54) is 0 Å². The molecule has 0 aliphatic heterocycles. The molecular formula is C7H19O3P. The fraction of sp³-hybridized carbons (Fsp3) is 1.00. The summed E-state index contributed by atoms with van der Waals surface area (Å²) in [7, 11) is 2.27. The third-order valence-corrected chi connectivity index (χ3v) is 7.33. The van der Waals surface area contributed by atoms with Gasteiger partial charge in [0.2, 0.25) is 0 Å². The zero-order chi connectivity index (χ0) is 8.98. The second-order valence-corrected chi connectivity index (χ2v) is 7.21. The maximum atomic E-state index is 5.41. The van der Waals surface area contributed by atoms with Gasteiger partial charge in [-0.1, -0.05) is 0 Å². The summed E-state index contributed by atoms with van der Waals surface area (Å²) in [6.07, 6.45) is 1.59. The molecule has 0 aromatic carbocycles. The van der Waals surface area contributed by atoms with Crippen LogP contribution in [0.15, 0.2) is 0 Å². The van der Waals surface area contributed by atoms with Gasteiger partial charge >= 0.3 is 68.4 Å². The standard InChI is InChI=1S/C7H19O3P/c1-6-11(7-2,8-3,9-4)10-5/h6-7H2,1-5H3. The molecule has 0 N–H and O–H groups in total. The van der Waals surface area contributed by atoms with Crippen LogP contribution in [-0.2, 0) is 13.6 Å². The van der Waals surface area contributed by atoms with Crippen LogP contribution < -0.4 is 0 Å². The summed E-state index contributed by atoms with van der Waals surface area (Å²) in [4.78, 5) is 0. The predicted molar refractivity (Wildman–Crippen MR) is 49.0 cm³/mol. The zero-order valence-corrected chi connectivity index (χ0v) is 8.98. The van der Waals surface area contributed by atoms with Crippen molar-refractivity contribution in [2.24, 2.45) is 0 Å². The van der Waals surface area contributed by atoms with Crippen molar-refractivity contribution in [1.29, 1.82) is 0 Å². The molecule has 0 saturated heterocycles. The van der Waals surface area contributed by atoms with Crippen LogP contribution in [0.2, 0.25) is 0 Å². The van der Waals surface area contributed by atoms with Crippen molar-refractivity contribution in [2.75, 3.05) is 33.7 Å². The van der Waals surface area contributed by atoms with Crippen LogP contribution >= 0.6 is 7.28 Å². The third kappa shape index (κ3) is 1.73. The Balaban J connectivity index is 4.67. The Labute approximate surface area is 69.2 Å². The average molecular weight is 182 g/mol. The van der Waals surface area contributed by atoms with Crippen molar-refractivity contribution in [3.05, 3.63) is 0 Å². The van der Waals surface area contributed by atoms with Crippen LogP contribution in [0.4, 0.5) is 0 Å². The maximum absolute atomic E-state index is 5.41. The number of hydrogen-bond acceptors (Lipinski definition) is 3. The van der Waals surface area contributed by atoms with Crippen LogP contribution in [0.1, 0.15) is 13.8 Å². The summed E-state index contributed by atoms with van der Waals surface area (Å²) in [5.41, 5.74) is 0. The molecular weight excluding hydrogens is 163 g/mol. The Morgan fingerprint density at radius 3 is 1.09 bits per heavy atom. The Bertz CT molecular complexity index is 86.0. The molecule has 0 heterocycles. The SMILES string of the molecule is CCP(CC)(OC)(OC)OC. The van der Waals surface area contributed by atoms with E-state index >= 15 is 0 Å². The summed E-state index contributed by atoms with van der Waals surface area (Å²) in [6, 6.07) is 0. The van der Waals surface area contributed by atoms with Crippen LogP contribution in [0.5, 0.6) is 0 Å². The first kappa shape index (κ1) is 11.3. The van der Waals surface area contributed by atoms with Gasteiger partial charge in [-0.3, -0.25) is 0 Å². The van der Waals surface area contributed by atoms with E-state index in [2.05, 4.69) is 0 Å². The molecule has 3 nitrogen and oxygen atoms in total. The first-order chi connectivity index (χ1) is 5.12. The van der Waals surface area contributed by atoms with Crippen LogP contribution in [0.25, 0.3) is 0 Å². The van der Waals surface area contributed by atoms with E-state index in [0.717, 1.165) is 12.3 Å². The van der Waals surface area contributed by atoms with Gasteiger partial charge in [0.1, 0.15) is 0 Å². The second-order valence-electron chi connectivity index (χ2n) is 2.40. The average Bonchev–Trinajstić information content (AvgIpc) is 2.12. The summed E-state index contributed by atoms with van der Waals surface area (Å²) < 4.78 is 16.2. The topological polar surface area (TPSA) is 27.7 Å². The van der Waals surface area contributed by atoms with Crippen LogP contribution in [-0.4, -0.2) is 33.7 Å². The number of hydrogen-bond donors (Lipinski definition) is 0. The van der Waals surface area contributed by atoms with Crippen LogP contribution in [0.3, 0.4) is 0 Å². The monoisotopic (exact) mass is 182 g/mol. The van der Waals surface area contributed by atoms with Crippen molar-refractivity contribution >= 4 is 7.28 Å². The Hall–Kier alpha value is 0.310. The van der Waals surface area contributed by atoms with E-state index < -0.39 is 7.28 Å². The minimum atomic E-state index is -2.68. The molecule has 0 aromatic heterocycles. The van der Waals surface area contributed by atoms with Gasteiger partial charge in [0.15, 0.2) is 0 Å². The van der Waals surface area contributed by atoms with Gasteiger partial charge in [-0.05, 0) is 0 Å². The van der Waals surface area contributed by atoms with E-state index in [4.69, 9.17) is 13.6 Å². The first-order valence-corrected chi connectivity index (χ1v) is 6.18. The van der Waals surface area contributed by atoms with Gasteiger partial charge in [0.05, 0.1) is 0 Å². The molecule has 0 aliphatic carbocycles. The normalized spacial score (nSPS) is 15.9. The molecule has 0 rings (SSSR count). The molecule has 0 spiro atoms. The van der Waals surface area contributed by atoms with E-state index in [1.807, 2.05) is 13.8 Å². The molecule has 0 aromatic rings. The molecule has 0 amide bonds. The van der Waals surface area contributed by atoms with Gasteiger partial charge in [-0.15, -0.1) is 0 Å². The Kier molecular flexibility index (Phi) is 3.92. The minimum absolute atomic E-state index is 0.797. The summed E-state index contributed by atoms with van der Waals surface area (Å²) >= 11 is 0. The Morgan fingerprint density at radius 2 is 1.09 bits per heavy atom. The molecule has 0 saturated carbocycles. The summed E-state index contributed by atoms with van der Waals surface area (Å²) in [5.74, 6) is 0. The third-order valence-electron chi connectivity index (χ3n) is 2.44. The van der Waals surface area contributed by atoms with E-state index in [-0.39, 0.29) is 0 Å². The van der Waals surface area contributed by atoms with Crippen molar-refractivity contribution < 1.29 is 13.6 Å². The molecule has 0 bridgehead atoms. The Morgan fingerprint density at radius 1 is 0.818 bits per heavy atom.